The van der Waals surface area contributed by atoms with Crippen LogP contribution in [0.4, 0.5) is 8.78 Å². The van der Waals surface area contributed by atoms with E-state index < -0.39 is 5.92 Å². The topological polar surface area (TPSA) is 34.0 Å². The van der Waals surface area contributed by atoms with Gasteiger partial charge in [0.2, 0.25) is 0 Å². The summed E-state index contributed by atoms with van der Waals surface area (Å²) < 4.78 is 29.0. The van der Waals surface area contributed by atoms with Crippen molar-refractivity contribution in [1.82, 2.24) is 19.4 Å². The lowest BCUT2D eigenvalue weighted by molar-refractivity contribution is 0.0127. The zero-order chi connectivity index (χ0) is 19.2. The summed E-state index contributed by atoms with van der Waals surface area (Å²) in [5, 5.41) is 0. The van der Waals surface area contributed by atoms with E-state index in [9.17, 15) is 8.78 Å². The lowest BCUT2D eigenvalue weighted by atomic mass is 10.1. The number of aromatic nitrogens is 3. The monoisotopic (exact) mass is 370 g/mol. The van der Waals surface area contributed by atoms with E-state index in [-0.39, 0.29) is 5.69 Å². The van der Waals surface area contributed by atoms with Crippen molar-refractivity contribution in [1.29, 1.82) is 0 Å². The Hall–Kier alpha value is -2.34. The summed E-state index contributed by atoms with van der Waals surface area (Å²) in [5.41, 5.74) is 6.73. The van der Waals surface area contributed by atoms with Crippen LogP contribution in [-0.2, 0) is 31.9 Å². The number of pyridine rings is 2. The van der Waals surface area contributed by atoms with Crippen LogP contribution in [0.15, 0.2) is 30.5 Å². The van der Waals surface area contributed by atoms with Crippen LogP contribution >= 0.6 is 0 Å². The summed E-state index contributed by atoms with van der Waals surface area (Å²) in [4.78, 5) is 11.1. The highest BCUT2D eigenvalue weighted by Gasteiger charge is 2.26. The lowest BCUT2D eigenvalue weighted by Gasteiger charge is -2.24. The Morgan fingerprint density at radius 3 is 2.70 bits per heavy atom. The molecule has 4 rings (SSSR count). The molecule has 3 aromatic heterocycles. The second kappa shape index (κ2) is 6.68. The number of aryl methyl sites for hydroxylation is 3. The number of hydrogen-bond donors (Lipinski definition) is 0. The molecule has 0 amide bonds. The number of alkyl halides is 2. The quantitative estimate of drug-likeness (QED) is 0.694. The van der Waals surface area contributed by atoms with E-state index in [0.29, 0.717) is 0 Å². The van der Waals surface area contributed by atoms with E-state index in [1.165, 1.54) is 17.3 Å². The van der Waals surface area contributed by atoms with Crippen molar-refractivity contribution in [3.05, 3.63) is 58.7 Å². The van der Waals surface area contributed by atoms with Crippen molar-refractivity contribution in [2.75, 3.05) is 13.6 Å². The van der Waals surface area contributed by atoms with Crippen LogP contribution in [-0.4, -0.2) is 33.0 Å². The van der Waals surface area contributed by atoms with Gasteiger partial charge >= 0.3 is 0 Å². The molecule has 0 saturated heterocycles. The molecule has 142 valence electrons. The van der Waals surface area contributed by atoms with Gasteiger partial charge in [0.1, 0.15) is 5.69 Å². The summed E-state index contributed by atoms with van der Waals surface area (Å²) >= 11 is 0. The van der Waals surface area contributed by atoms with Gasteiger partial charge in [0.05, 0.1) is 11.0 Å². The maximum atomic E-state index is 13.3. The highest BCUT2D eigenvalue weighted by molar-refractivity contribution is 5.82. The minimum absolute atomic E-state index is 0.183. The number of fused-ring (bicyclic) bond motifs is 3. The van der Waals surface area contributed by atoms with Gasteiger partial charge in [0.15, 0.2) is 0 Å². The summed E-state index contributed by atoms with van der Waals surface area (Å²) in [7, 11) is 2.14. The third-order valence-corrected chi connectivity index (χ3v) is 5.32. The van der Waals surface area contributed by atoms with Crippen molar-refractivity contribution < 1.29 is 8.78 Å². The fourth-order valence-corrected chi connectivity index (χ4v) is 3.86. The zero-order valence-corrected chi connectivity index (χ0v) is 16.0. The number of rotatable bonds is 4. The van der Waals surface area contributed by atoms with Gasteiger partial charge in [0.25, 0.3) is 5.92 Å². The standard InChI is InChI=1S/C21H24F2N4/c1-14-4-6-18-20(25-14)16-13-26(3)10-9-17(16)27(18)11-8-15-5-7-19(24-12-15)21(2,22)23/h4-7,12H,8-11,13H2,1-3H3. The average Bonchev–Trinajstić information content (AvgIpc) is 2.92. The number of likely N-dealkylation sites (N-methyl/N-ethyl adjacent to an activating group) is 1. The average molecular weight is 370 g/mol. The Balaban J connectivity index is 1.64. The molecule has 3 aromatic rings. The van der Waals surface area contributed by atoms with E-state index in [1.54, 1.807) is 12.3 Å². The number of hydrogen-bond acceptors (Lipinski definition) is 3. The highest BCUT2D eigenvalue weighted by atomic mass is 19.3. The third-order valence-electron chi connectivity index (χ3n) is 5.32. The minimum atomic E-state index is -2.90. The smallest absolute Gasteiger partial charge is 0.286 e. The van der Waals surface area contributed by atoms with Crippen molar-refractivity contribution in [2.45, 2.75) is 45.7 Å². The molecule has 0 N–H and O–H groups in total. The third kappa shape index (κ3) is 3.46. The van der Waals surface area contributed by atoms with Crippen molar-refractivity contribution in [3.63, 3.8) is 0 Å². The Morgan fingerprint density at radius 2 is 2.00 bits per heavy atom. The summed E-state index contributed by atoms with van der Waals surface area (Å²) in [6.45, 7) is 5.64. The normalized spacial score (nSPS) is 15.3. The van der Waals surface area contributed by atoms with Gasteiger partial charge in [-0.3, -0.25) is 9.97 Å². The first-order valence-corrected chi connectivity index (χ1v) is 9.32. The van der Waals surface area contributed by atoms with E-state index in [4.69, 9.17) is 4.98 Å². The van der Waals surface area contributed by atoms with E-state index >= 15 is 0 Å². The van der Waals surface area contributed by atoms with Gasteiger partial charge in [-0.25, -0.2) is 0 Å². The van der Waals surface area contributed by atoms with E-state index in [1.807, 2.05) is 13.0 Å². The Morgan fingerprint density at radius 1 is 1.19 bits per heavy atom. The molecule has 0 radical (unpaired) electrons. The van der Waals surface area contributed by atoms with Gasteiger partial charge in [-0.2, -0.15) is 8.78 Å². The van der Waals surface area contributed by atoms with Gasteiger partial charge in [-0.05, 0) is 44.2 Å². The molecule has 0 aromatic carbocycles. The number of halogens is 2. The first-order chi connectivity index (χ1) is 12.8. The van der Waals surface area contributed by atoms with E-state index in [2.05, 4.69) is 27.6 Å². The summed E-state index contributed by atoms with van der Waals surface area (Å²) in [6, 6.07) is 7.38. The second-order valence-corrected chi connectivity index (χ2v) is 7.58. The van der Waals surface area contributed by atoms with Gasteiger partial charge in [-0.15, -0.1) is 0 Å². The van der Waals surface area contributed by atoms with Crippen LogP contribution in [0, 0.1) is 6.92 Å². The molecule has 4 heterocycles. The zero-order valence-electron chi connectivity index (χ0n) is 16.0. The van der Waals surface area contributed by atoms with Crippen molar-refractivity contribution >= 4 is 11.0 Å². The SMILES string of the molecule is Cc1ccc2c(n1)c1c(n2CCc2ccc(C(C)(F)F)nc2)CCN(C)C1. The predicted octanol–water partition coefficient (Wildman–Crippen LogP) is 4.08. The molecule has 0 atom stereocenters. The van der Waals surface area contributed by atoms with Crippen molar-refractivity contribution in [3.8, 4) is 0 Å². The Kier molecular flexibility index (Phi) is 4.46. The molecular formula is C21H24F2N4. The first kappa shape index (κ1) is 18.0. The molecule has 0 spiro atoms. The number of nitrogens with zero attached hydrogens (tertiary/aromatic N) is 4. The molecule has 27 heavy (non-hydrogen) atoms. The summed E-state index contributed by atoms with van der Waals surface area (Å²) in [5.74, 6) is -2.90. The fourth-order valence-electron chi connectivity index (χ4n) is 3.86. The molecule has 4 nitrogen and oxygen atoms in total. The molecule has 0 saturated carbocycles. The molecule has 0 fully saturated rings. The van der Waals surface area contributed by atoms with Crippen LogP contribution in [0.3, 0.4) is 0 Å². The van der Waals surface area contributed by atoms with Gasteiger partial charge in [-0.1, -0.05) is 6.07 Å². The molecular weight excluding hydrogens is 346 g/mol. The van der Waals surface area contributed by atoms with Gasteiger partial charge < -0.3 is 9.47 Å². The minimum Gasteiger partial charge on any atom is -0.343 e. The molecule has 6 heteroatoms. The molecule has 0 aliphatic carbocycles. The molecule has 0 bridgehead atoms. The maximum Gasteiger partial charge on any atom is 0.286 e. The van der Waals surface area contributed by atoms with Gasteiger partial charge in [0, 0.05) is 56.1 Å². The Labute approximate surface area is 157 Å². The van der Waals surface area contributed by atoms with E-state index in [0.717, 1.165) is 61.7 Å². The molecule has 1 aliphatic rings. The van der Waals surface area contributed by atoms with Crippen LogP contribution in [0.25, 0.3) is 11.0 Å². The lowest BCUT2D eigenvalue weighted by Crippen LogP contribution is -2.27. The molecule has 1 aliphatic heterocycles. The molecule has 0 unspecified atom stereocenters. The highest BCUT2D eigenvalue weighted by Crippen LogP contribution is 2.30. The van der Waals surface area contributed by atoms with Crippen LogP contribution < -0.4 is 0 Å². The predicted molar refractivity (Wildman–Crippen MR) is 102 cm³/mol. The largest absolute Gasteiger partial charge is 0.343 e. The van der Waals surface area contributed by atoms with Crippen LogP contribution in [0.1, 0.15) is 35.1 Å². The fraction of sp³-hybridized carbons (Fsp3) is 0.429. The second-order valence-electron chi connectivity index (χ2n) is 7.58. The van der Waals surface area contributed by atoms with Crippen LogP contribution in [0.2, 0.25) is 0 Å². The van der Waals surface area contributed by atoms with Crippen molar-refractivity contribution in [2.24, 2.45) is 0 Å². The summed E-state index contributed by atoms with van der Waals surface area (Å²) in [6.07, 6.45) is 3.32. The Bertz CT molecular complexity index is 970. The maximum absolute atomic E-state index is 13.3. The van der Waals surface area contributed by atoms with Crippen LogP contribution in [0.5, 0.6) is 0 Å². The first-order valence-electron chi connectivity index (χ1n) is 9.32.